The van der Waals surface area contributed by atoms with E-state index in [2.05, 4.69) is 205 Å². The van der Waals surface area contributed by atoms with E-state index in [1.165, 1.54) is 55.3 Å². The SMILES string of the molecule is c1ccc(-c2cccc(N(c3ccccc3)c3ccc(-c4ccc(-c5cccc(-c6ccc7ccccc7c6)c5)cc4)cc3)c2)cc1. The molecule has 0 fully saturated rings. The summed E-state index contributed by atoms with van der Waals surface area (Å²) in [5.41, 5.74) is 13.1. The molecule has 0 aliphatic carbocycles. The van der Waals surface area contributed by atoms with E-state index in [9.17, 15) is 0 Å². The highest BCUT2D eigenvalue weighted by atomic mass is 15.1. The summed E-state index contributed by atoms with van der Waals surface area (Å²) in [6.07, 6.45) is 0. The minimum absolute atomic E-state index is 1.12. The predicted octanol–water partition coefficient (Wildman–Crippen LogP) is 13.0. The lowest BCUT2D eigenvalue weighted by atomic mass is 9.96. The summed E-state index contributed by atoms with van der Waals surface area (Å²) in [7, 11) is 0. The zero-order valence-corrected chi connectivity index (χ0v) is 26.0. The normalized spacial score (nSPS) is 11.0. The molecule has 8 aromatic carbocycles. The molecular weight excluding hydrogens is 567 g/mol. The number of rotatable bonds is 7. The van der Waals surface area contributed by atoms with Gasteiger partial charge < -0.3 is 4.90 Å². The summed E-state index contributed by atoms with van der Waals surface area (Å²) < 4.78 is 0. The first-order valence-corrected chi connectivity index (χ1v) is 16.1. The zero-order valence-electron chi connectivity index (χ0n) is 26.0. The third-order valence-corrected chi connectivity index (χ3v) is 8.85. The average molecular weight is 600 g/mol. The van der Waals surface area contributed by atoms with E-state index in [4.69, 9.17) is 0 Å². The Balaban J connectivity index is 1.07. The van der Waals surface area contributed by atoms with Gasteiger partial charge in [0.15, 0.2) is 0 Å². The van der Waals surface area contributed by atoms with E-state index in [0.717, 1.165) is 17.1 Å². The van der Waals surface area contributed by atoms with Crippen molar-refractivity contribution in [1.82, 2.24) is 0 Å². The van der Waals surface area contributed by atoms with Crippen LogP contribution in [-0.2, 0) is 0 Å². The molecule has 47 heavy (non-hydrogen) atoms. The summed E-state index contributed by atoms with van der Waals surface area (Å²) in [5, 5.41) is 2.53. The van der Waals surface area contributed by atoms with Crippen molar-refractivity contribution in [2.45, 2.75) is 0 Å². The molecule has 1 nitrogen and oxygen atoms in total. The number of nitrogens with zero attached hydrogens (tertiary/aromatic N) is 1. The topological polar surface area (TPSA) is 3.24 Å². The molecule has 0 saturated heterocycles. The Kier molecular flexibility index (Phi) is 7.63. The number of hydrogen-bond acceptors (Lipinski definition) is 1. The minimum atomic E-state index is 1.12. The van der Waals surface area contributed by atoms with Crippen molar-refractivity contribution < 1.29 is 0 Å². The number of para-hydroxylation sites is 1. The Morgan fingerprint density at radius 3 is 1.32 bits per heavy atom. The summed E-state index contributed by atoms with van der Waals surface area (Å²) >= 11 is 0. The molecular formula is C46H33N. The molecule has 0 N–H and O–H groups in total. The molecule has 1 heteroatoms. The lowest BCUT2D eigenvalue weighted by molar-refractivity contribution is 1.28. The fourth-order valence-corrected chi connectivity index (χ4v) is 6.38. The van der Waals surface area contributed by atoms with Crippen LogP contribution in [0.2, 0.25) is 0 Å². The maximum absolute atomic E-state index is 2.32. The molecule has 0 aliphatic heterocycles. The van der Waals surface area contributed by atoms with Gasteiger partial charge in [0.05, 0.1) is 0 Å². The quantitative estimate of drug-likeness (QED) is 0.176. The van der Waals surface area contributed by atoms with E-state index in [-0.39, 0.29) is 0 Å². The Hall–Kier alpha value is -6.18. The molecule has 222 valence electrons. The van der Waals surface area contributed by atoms with Gasteiger partial charge in [-0.25, -0.2) is 0 Å². The molecule has 0 bridgehead atoms. The molecule has 0 unspecified atom stereocenters. The maximum Gasteiger partial charge on any atom is 0.0467 e. The van der Waals surface area contributed by atoms with Gasteiger partial charge in [-0.3, -0.25) is 0 Å². The van der Waals surface area contributed by atoms with Crippen LogP contribution in [0.15, 0.2) is 200 Å². The molecule has 0 amide bonds. The van der Waals surface area contributed by atoms with Gasteiger partial charge in [0.2, 0.25) is 0 Å². The third-order valence-electron chi connectivity index (χ3n) is 8.85. The highest BCUT2D eigenvalue weighted by Gasteiger charge is 2.14. The standard InChI is InChI=1S/C46H33N/c1-3-11-34(12-4-1)42-17-10-20-46(33-42)47(44-18-5-2-6-19-44)45-29-27-37(28-30-45)36-21-23-38(24-22-36)40-15-9-16-41(31-40)43-26-25-35-13-7-8-14-39(35)32-43/h1-33H. The van der Waals surface area contributed by atoms with Gasteiger partial charge >= 0.3 is 0 Å². The van der Waals surface area contributed by atoms with Crippen LogP contribution in [0.1, 0.15) is 0 Å². The second-order valence-corrected chi connectivity index (χ2v) is 11.9. The summed E-state index contributed by atoms with van der Waals surface area (Å²) in [4.78, 5) is 2.32. The van der Waals surface area contributed by atoms with Crippen LogP contribution in [0, 0.1) is 0 Å². The molecule has 0 spiro atoms. The number of hydrogen-bond donors (Lipinski definition) is 0. The molecule has 0 radical (unpaired) electrons. The average Bonchev–Trinajstić information content (AvgIpc) is 3.16. The van der Waals surface area contributed by atoms with Crippen LogP contribution < -0.4 is 4.90 Å². The zero-order chi connectivity index (χ0) is 31.4. The summed E-state index contributed by atoms with van der Waals surface area (Å²) in [6.45, 7) is 0. The van der Waals surface area contributed by atoms with Gasteiger partial charge in [-0.05, 0) is 104 Å². The van der Waals surface area contributed by atoms with Crippen LogP contribution in [0.4, 0.5) is 17.1 Å². The van der Waals surface area contributed by atoms with Crippen LogP contribution in [0.25, 0.3) is 55.3 Å². The molecule has 0 atom stereocenters. The van der Waals surface area contributed by atoms with E-state index >= 15 is 0 Å². The Morgan fingerprint density at radius 2 is 0.617 bits per heavy atom. The lowest BCUT2D eigenvalue weighted by Gasteiger charge is -2.26. The van der Waals surface area contributed by atoms with Crippen LogP contribution in [0.5, 0.6) is 0 Å². The molecule has 8 aromatic rings. The molecule has 0 aromatic heterocycles. The third kappa shape index (κ3) is 5.95. The Bertz CT molecular complexity index is 2270. The van der Waals surface area contributed by atoms with E-state index in [1.807, 2.05) is 0 Å². The van der Waals surface area contributed by atoms with E-state index in [1.54, 1.807) is 0 Å². The van der Waals surface area contributed by atoms with Crippen molar-refractivity contribution in [2.75, 3.05) is 4.90 Å². The molecule has 0 heterocycles. The summed E-state index contributed by atoms with van der Waals surface area (Å²) in [5.74, 6) is 0. The van der Waals surface area contributed by atoms with Gasteiger partial charge in [-0.2, -0.15) is 0 Å². The van der Waals surface area contributed by atoms with Crippen LogP contribution in [-0.4, -0.2) is 0 Å². The van der Waals surface area contributed by atoms with Gasteiger partial charge in [0.25, 0.3) is 0 Å². The first-order valence-electron chi connectivity index (χ1n) is 16.1. The van der Waals surface area contributed by atoms with E-state index < -0.39 is 0 Å². The highest BCUT2D eigenvalue weighted by molar-refractivity contribution is 5.88. The lowest BCUT2D eigenvalue weighted by Crippen LogP contribution is -2.09. The van der Waals surface area contributed by atoms with Crippen LogP contribution in [0.3, 0.4) is 0 Å². The maximum atomic E-state index is 2.32. The van der Waals surface area contributed by atoms with Gasteiger partial charge in [0.1, 0.15) is 0 Å². The monoisotopic (exact) mass is 599 g/mol. The van der Waals surface area contributed by atoms with Gasteiger partial charge in [-0.1, -0.05) is 152 Å². The Labute approximate surface area is 276 Å². The van der Waals surface area contributed by atoms with Gasteiger partial charge in [-0.15, -0.1) is 0 Å². The molecule has 0 saturated carbocycles. The van der Waals surface area contributed by atoms with Crippen LogP contribution >= 0.6 is 0 Å². The number of fused-ring (bicyclic) bond motifs is 1. The fraction of sp³-hybridized carbons (Fsp3) is 0. The van der Waals surface area contributed by atoms with Gasteiger partial charge in [0, 0.05) is 17.1 Å². The second-order valence-electron chi connectivity index (χ2n) is 11.9. The van der Waals surface area contributed by atoms with Crippen molar-refractivity contribution in [1.29, 1.82) is 0 Å². The molecule has 0 aliphatic rings. The highest BCUT2D eigenvalue weighted by Crippen LogP contribution is 2.37. The fourth-order valence-electron chi connectivity index (χ4n) is 6.38. The second kappa shape index (κ2) is 12.7. The van der Waals surface area contributed by atoms with Crippen molar-refractivity contribution in [2.24, 2.45) is 0 Å². The molecule has 8 rings (SSSR count). The smallest absolute Gasteiger partial charge is 0.0467 e. The van der Waals surface area contributed by atoms with Crippen molar-refractivity contribution in [3.63, 3.8) is 0 Å². The van der Waals surface area contributed by atoms with Crippen molar-refractivity contribution in [3.05, 3.63) is 200 Å². The number of benzene rings is 8. The first-order chi connectivity index (χ1) is 23.3. The largest absolute Gasteiger partial charge is 0.310 e. The summed E-state index contributed by atoms with van der Waals surface area (Å²) in [6, 6.07) is 71.8. The predicted molar refractivity (Wildman–Crippen MR) is 200 cm³/mol. The number of anilines is 3. The Morgan fingerprint density at radius 1 is 0.213 bits per heavy atom. The van der Waals surface area contributed by atoms with E-state index in [0.29, 0.717) is 0 Å². The van der Waals surface area contributed by atoms with Crippen molar-refractivity contribution in [3.8, 4) is 44.5 Å². The first kappa shape index (κ1) is 28.3. The minimum Gasteiger partial charge on any atom is -0.310 e. The van der Waals surface area contributed by atoms with Crippen molar-refractivity contribution >= 4 is 27.8 Å².